The number of likely N-dealkylation sites (N-methyl/N-ethyl adjacent to an activating group) is 1. The van der Waals surface area contributed by atoms with Crippen LogP contribution in [-0.2, 0) is 0 Å². The lowest BCUT2D eigenvalue weighted by Crippen LogP contribution is -2.23. The van der Waals surface area contributed by atoms with Gasteiger partial charge in [0.05, 0.1) is 0 Å². The first-order chi connectivity index (χ1) is 8.20. The summed E-state index contributed by atoms with van der Waals surface area (Å²) in [5, 5.41) is 3.32. The molecule has 1 aliphatic rings. The molecule has 3 rings (SSSR count). The highest BCUT2D eigenvalue weighted by Crippen LogP contribution is 2.22. The minimum atomic E-state index is 0.422. The molecular formula is C12H16N4O. The Morgan fingerprint density at radius 2 is 2.41 bits per heavy atom. The number of hydrogen-bond acceptors (Lipinski definition) is 5. The minimum absolute atomic E-state index is 0.422. The fourth-order valence-corrected chi connectivity index (χ4v) is 2.23. The van der Waals surface area contributed by atoms with Gasteiger partial charge in [-0.1, -0.05) is 0 Å². The van der Waals surface area contributed by atoms with Crippen molar-refractivity contribution in [3.05, 3.63) is 18.2 Å². The van der Waals surface area contributed by atoms with Crippen LogP contribution in [0.1, 0.15) is 6.42 Å². The summed E-state index contributed by atoms with van der Waals surface area (Å²) >= 11 is 0. The van der Waals surface area contributed by atoms with Crippen molar-refractivity contribution in [2.45, 2.75) is 12.5 Å². The average molecular weight is 232 g/mol. The number of fused-ring (bicyclic) bond motifs is 1. The van der Waals surface area contributed by atoms with E-state index in [4.69, 9.17) is 10.2 Å². The summed E-state index contributed by atoms with van der Waals surface area (Å²) in [6, 6.07) is 6.51. The molecule has 0 spiro atoms. The number of anilines is 2. The molecule has 1 atom stereocenters. The molecule has 0 radical (unpaired) electrons. The normalized spacial score (nSPS) is 21.1. The molecule has 1 unspecified atom stereocenters. The number of nitrogen functional groups attached to an aromatic ring is 1. The second kappa shape index (κ2) is 3.92. The van der Waals surface area contributed by atoms with Crippen LogP contribution in [0.2, 0.25) is 0 Å². The van der Waals surface area contributed by atoms with E-state index in [1.54, 1.807) is 0 Å². The Kier molecular flexibility index (Phi) is 2.40. The van der Waals surface area contributed by atoms with Crippen molar-refractivity contribution < 1.29 is 4.42 Å². The molecule has 1 aromatic carbocycles. The molecule has 1 aromatic heterocycles. The summed E-state index contributed by atoms with van der Waals surface area (Å²) in [5.74, 6) is 0. The molecule has 5 nitrogen and oxygen atoms in total. The topological polar surface area (TPSA) is 67.3 Å². The van der Waals surface area contributed by atoms with E-state index in [0.717, 1.165) is 30.6 Å². The van der Waals surface area contributed by atoms with E-state index in [1.807, 2.05) is 18.2 Å². The lowest BCUT2D eigenvalue weighted by molar-refractivity contribution is 0.413. The van der Waals surface area contributed by atoms with Gasteiger partial charge in [0.25, 0.3) is 6.01 Å². The molecule has 17 heavy (non-hydrogen) atoms. The zero-order valence-electron chi connectivity index (χ0n) is 9.81. The number of hydrogen-bond donors (Lipinski definition) is 2. The van der Waals surface area contributed by atoms with Gasteiger partial charge < -0.3 is 20.4 Å². The van der Waals surface area contributed by atoms with Gasteiger partial charge in [0, 0.05) is 18.3 Å². The molecule has 90 valence electrons. The van der Waals surface area contributed by atoms with Crippen LogP contribution < -0.4 is 11.1 Å². The molecule has 0 saturated carbocycles. The third-order valence-corrected chi connectivity index (χ3v) is 3.13. The number of nitrogens with zero attached hydrogens (tertiary/aromatic N) is 2. The molecule has 0 bridgehead atoms. The van der Waals surface area contributed by atoms with Crippen molar-refractivity contribution >= 4 is 22.8 Å². The number of benzene rings is 1. The maximum atomic E-state index is 5.71. The third-order valence-electron chi connectivity index (χ3n) is 3.13. The van der Waals surface area contributed by atoms with E-state index >= 15 is 0 Å². The van der Waals surface area contributed by atoms with E-state index in [1.165, 1.54) is 0 Å². The maximum Gasteiger partial charge on any atom is 0.295 e. The monoisotopic (exact) mass is 232 g/mol. The SMILES string of the molecule is CN1CCC(Nc2nc3cc(N)ccc3o2)C1. The Bertz CT molecular complexity index is 536. The Morgan fingerprint density at radius 3 is 3.18 bits per heavy atom. The first-order valence-electron chi connectivity index (χ1n) is 5.82. The highest BCUT2D eigenvalue weighted by molar-refractivity contribution is 5.78. The quantitative estimate of drug-likeness (QED) is 0.768. The Balaban J connectivity index is 1.81. The van der Waals surface area contributed by atoms with Crippen molar-refractivity contribution in [2.24, 2.45) is 0 Å². The molecule has 2 aromatic rings. The second-order valence-electron chi connectivity index (χ2n) is 4.64. The fourth-order valence-electron chi connectivity index (χ4n) is 2.23. The van der Waals surface area contributed by atoms with Gasteiger partial charge in [0.1, 0.15) is 5.52 Å². The van der Waals surface area contributed by atoms with Crippen molar-refractivity contribution in [1.29, 1.82) is 0 Å². The summed E-state index contributed by atoms with van der Waals surface area (Å²) in [6.07, 6.45) is 1.12. The molecule has 1 fully saturated rings. The van der Waals surface area contributed by atoms with Crippen LogP contribution >= 0.6 is 0 Å². The number of aromatic nitrogens is 1. The first kappa shape index (κ1) is 10.4. The average Bonchev–Trinajstić information content (AvgIpc) is 2.84. The number of nitrogens with two attached hydrogens (primary N) is 1. The Hall–Kier alpha value is -1.75. The number of nitrogens with one attached hydrogen (secondary N) is 1. The van der Waals surface area contributed by atoms with Gasteiger partial charge in [-0.05, 0) is 38.2 Å². The van der Waals surface area contributed by atoms with Crippen molar-refractivity contribution in [2.75, 3.05) is 31.2 Å². The van der Waals surface area contributed by atoms with Gasteiger partial charge in [-0.25, -0.2) is 0 Å². The molecule has 0 aliphatic carbocycles. The largest absolute Gasteiger partial charge is 0.424 e. The van der Waals surface area contributed by atoms with Crippen molar-refractivity contribution in [1.82, 2.24) is 9.88 Å². The predicted octanol–water partition coefficient (Wildman–Crippen LogP) is 1.53. The predicted molar refractivity (Wildman–Crippen MR) is 67.9 cm³/mol. The Labute approximate surface area is 99.6 Å². The molecule has 3 N–H and O–H groups in total. The van der Waals surface area contributed by atoms with E-state index in [-0.39, 0.29) is 0 Å². The molecule has 5 heteroatoms. The summed E-state index contributed by atoms with van der Waals surface area (Å²) < 4.78 is 5.62. The van der Waals surface area contributed by atoms with Crippen LogP contribution in [0.3, 0.4) is 0 Å². The van der Waals surface area contributed by atoms with Crippen LogP contribution in [-0.4, -0.2) is 36.1 Å². The first-order valence-corrected chi connectivity index (χ1v) is 5.82. The van der Waals surface area contributed by atoms with Gasteiger partial charge in [-0.2, -0.15) is 4.98 Å². The summed E-state index contributed by atoms with van der Waals surface area (Å²) in [4.78, 5) is 6.68. The van der Waals surface area contributed by atoms with Crippen molar-refractivity contribution in [3.63, 3.8) is 0 Å². The number of likely N-dealkylation sites (tertiary alicyclic amines) is 1. The second-order valence-corrected chi connectivity index (χ2v) is 4.64. The standard InChI is InChI=1S/C12H16N4O/c1-16-5-4-9(7-16)14-12-15-10-6-8(13)2-3-11(10)17-12/h2-3,6,9H,4-5,7,13H2,1H3,(H,14,15). The number of rotatable bonds is 2. The Morgan fingerprint density at radius 1 is 1.53 bits per heavy atom. The van der Waals surface area contributed by atoms with Gasteiger partial charge in [0.2, 0.25) is 0 Å². The van der Waals surface area contributed by atoms with Gasteiger partial charge >= 0.3 is 0 Å². The minimum Gasteiger partial charge on any atom is -0.424 e. The lowest BCUT2D eigenvalue weighted by Gasteiger charge is -2.10. The van der Waals surface area contributed by atoms with E-state index in [0.29, 0.717) is 17.7 Å². The summed E-state index contributed by atoms with van der Waals surface area (Å²) in [7, 11) is 2.12. The smallest absolute Gasteiger partial charge is 0.295 e. The van der Waals surface area contributed by atoms with Crippen LogP contribution in [0.25, 0.3) is 11.1 Å². The highest BCUT2D eigenvalue weighted by Gasteiger charge is 2.20. The van der Waals surface area contributed by atoms with Gasteiger partial charge in [-0.3, -0.25) is 0 Å². The molecular weight excluding hydrogens is 216 g/mol. The van der Waals surface area contributed by atoms with Crippen LogP contribution in [0.15, 0.2) is 22.6 Å². The fraction of sp³-hybridized carbons (Fsp3) is 0.417. The summed E-state index contributed by atoms with van der Waals surface area (Å²) in [5.41, 5.74) is 7.99. The summed E-state index contributed by atoms with van der Waals surface area (Å²) in [6.45, 7) is 2.14. The molecule has 2 heterocycles. The maximum absolute atomic E-state index is 5.71. The third kappa shape index (κ3) is 2.06. The highest BCUT2D eigenvalue weighted by atomic mass is 16.4. The zero-order valence-corrected chi connectivity index (χ0v) is 9.81. The van der Waals surface area contributed by atoms with Crippen molar-refractivity contribution in [3.8, 4) is 0 Å². The molecule has 0 amide bonds. The van der Waals surface area contributed by atoms with E-state index in [9.17, 15) is 0 Å². The van der Waals surface area contributed by atoms with Gasteiger partial charge in [-0.15, -0.1) is 0 Å². The molecule has 1 saturated heterocycles. The van der Waals surface area contributed by atoms with Crippen LogP contribution in [0.4, 0.5) is 11.7 Å². The lowest BCUT2D eigenvalue weighted by atomic mass is 10.3. The van der Waals surface area contributed by atoms with Crippen LogP contribution in [0, 0.1) is 0 Å². The van der Waals surface area contributed by atoms with E-state index < -0.39 is 0 Å². The van der Waals surface area contributed by atoms with Crippen LogP contribution in [0.5, 0.6) is 0 Å². The molecule has 1 aliphatic heterocycles. The van der Waals surface area contributed by atoms with Gasteiger partial charge in [0.15, 0.2) is 5.58 Å². The van der Waals surface area contributed by atoms with E-state index in [2.05, 4.69) is 22.2 Å². The zero-order chi connectivity index (χ0) is 11.8. The number of oxazole rings is 1.